The number of hydrogen-bond donors (Lipinski definition) is 1. The first-order chi connectivity index (χ1) is 6.22. The molecule has 70 valence electrons. The van der Waals surface area contributed by atoms with Crippen molar-refractivity contribution in [1.82, 2.24) is 4.98 Å². The van der Waals surface area contributed by atoms with Crippen molar-refractivity contribution in [2.24, 2.45) is 0 Å². The number of anilines is 1. The number of halogens is 1. The van der Waals surface area contributed by atoms with Gasteiger partial charge in [0.25, 0.3) is 0 Å². The van der Waals surface area contributed by atoms with Crippen LogP contribution in [0.5, 0.6) is 0 Å². The molecule has 0 bridgehead atoms. The Kier molecular flexibility index (Phi) is 3.37. The molecule has 1 rings (SSSR count). The lowest BCUT2D eigenvalue weighted by atomic mass is 10.3. The van der Waals surface area contributed by atoms with Gasteiger partial charge in [0.1, 0.15) is 11.6 Å². The van der Waals surface area contributed by atoms with Crippen molar-refractivity contribution in [1.29, 1.82) is 0 Å². The molecule has 1 aromatic heterocycles. The topological polar surface area (TPSA) is 42.0 Å². The molecular formula is C9H11FN2O. The van der Waals surface area contributed by atoms with Crippen molar-refractivity contribution >= 4 is 11.7 Å². The zero-order valence-electron chi connectivity index (χ0n) is 7.38. The molecule has 0 aromatic carbocycles. The Morgan fingerprint density at radius 1 is 1.62 bits per heavy atom. The first-order valence-electron chi connectivity index (χ1n) is 4.13. The van der Waals surface area contributed by atoms with E-state index in [2.05, 4.69) is 10.3 Å². The Balaban J connectivity index is 2.54. The molecular weight excluding hydrogens is 171 g/mol. The highest BCUT2D eigenvalue weighted by Gasteiger charge is 2.00. The minimum Gasteiger partial charge on any atom is -0.311 e. The molecule has 0 aliphatic carbocycles. The summed E-state index contributed by atoms with van der Waals surface area (Å²) in [6.07, 6.45) is 2.31. The highest BCUT2D eigenvalue weighted by Crippen LogP contribution is 2.04. The van der Waals surface area contributed by atoms with E-state index >= 15 is 0 Å². The quantitative estimate of drug-likeness (QED) is 0.776. The van der Waals surface area contributed by atoms with Gasteiger partial charge >= 0.3 is 0 Å². The fourth-order valence-corrected chi connectivity index (χ4v) is 0.882. The van der Waals surface area contributed by atoms with Gasteiger partial charge in [-0.25, -0.2) is 9.37 Å². The molecule has 0 saturated carbocycles. The first-order valence-corrected chi connectivity index (χ1v) is 4.13. The van der Waals surface area contributed by atoms with Gasteiger partial charge in [0.15, 0.2) is 0 Å². The van der Waals surface area contributed by atoms with Gasteiger partial charge in [-0.2, -0.15) is 0 Å². The normalized spacial score (nSPS) is 9.69. The van der Waals surface area contributed by atoms with Crippen molar-refractivity contribution in [3.05, 3.63) is 24.1 Å². The fourth-order valence-electron chi connectivity index (χ4n) is 0.882. The maximum atomic E-state index is 12.4. The third-order valence-corrected chi connectivity index (χ3v) is 1.47. The number of hydrogen-bond acceptors (Lipinski definition) is 2. The van der Waals surface area contributed by atoms with Crippen molar-refractivity contribution in [3.63, 3.8) is 0 Å². The van der Waals surface area contributed by atoms with Gasteiger partial charge < -0.3 is 5.32 Å². The number of nitrogens with one attached hydrogen (secondary N) is 1. The Labute approximate surface area is 76.0 Å². The molecule has 1 N–H and O–H groups in total. The van der Waals surface area contributed by atoms with Gasteiger partial charge in [0.2, 0.25) is 5.91 Å². The third kappa shape index (κ3) is 3.19. The number of pyridine rings is 1. The van der Waals surface area contributed by atoms with Crippen LogP contribution in [0.3, 0.4) is 0 Å². The molecule has 1 aromatic rings. The molecule has 4 heteroatoms. The molecule has 1 amide bonds. The zero-order chi connectivity index (χ0) is 9.68. The van der Waals surface area contributed by atoms with Crippen molar-refractivity contribution < 1.29 is 9.18 Å². The molecule has 0 unspecified atom stereocenters. The van der Waals surface area contributed by atoms with Crippen LogP contribution in [-0.2, 0) is 4.79 Å². The van der Waals surface area contributed by atoms with Gasteiger partial charge in [-0.3, -0.25) is 4.79 Å². The second-order valence-electron chi connectivity index (χ2n) is 2.66. The summed E-state index contributed by atoms with van der Waals surface area (Å²) in [6, 6.07) is 2.69. The predicted octanol–water partition coefficient (Wildman–Crippen LogP) is 1.96. The molecule has 3 nitrogen and oxygen atoms in total. The Bertz CT molecular complexity index is 284. The van der Waals surface area contributed by atoms with E-state index < -0.39 is 5.82 Å². The average molecular weight is 182 g/mol. The Morgan fingerprint density at radius 3 is 2.92 bits per heavy atom. The molecule has 0 saturated heterocycles. The number of aromatic nitrogens is 1. The van der Waals surface area contributed by atoms with Gasteiger partial charge in [0.05, 0.1) is 6.20 Å². The van der Waals surface area contributed by atoms with Crippen LogP contribution < -0.4 is 5.32 Å². The van der Waals surface area contributed by atoms with E-state index in [0.717, 1.165) is 12.6 Å². The van der Waals surface area contributed by atoms with Crippen molar-refractivity contribution in [3.8, 4) is 0 Å². The minimum absolute atomic E-state index is 0.0957. The van der Waals surface area contributed by atoms with Crippen LogP contribution in [0.25, 0.3) is 0 Å². The molecule has 1 heterocycles. The number of rotatable bonds is 3. The molecule has 0 aliphatic heterocycles. The standard InChI is InChI=1S/C9H11FN2O/c1-2-3-9(13)12-8-5-4-7(10)6-11-8/h4-6H,2-3H2,1H3,(H,11,12,13). The van der Waals surface area contributed by atoms with Crippen LogP contribution in [0.2, 0.25) is 0 Å². The fraction of sp³-hybridized carbons (Fsp3) is 0.333. The average Bonchev–Trinajstić information content (AvgIpc) is 2.09. The second kappa shape index (κ2) is 4.54. The molecule has 13 heavy (non-hydrogen) atoms. The summed E-state index contributed by atoms with van der Waals surface area (Å²) >= 11 is 0. The molecule has 0 aliphatic rings. The highest BCUT2D eigenvalue weighted by atomic mass is 19.1. The van der Waals surface area contributed by atoms with E-state index in [0.29, 0.717) is 12.2 Å². The lowest BCUT2D eigenvalue weighted by molar-refractivity contribution is -0.116. The predicted molar refractivity (Wildman–Crippen MR) is 47.7 cm³/mol. The Hall–Kier alpha value is -1.45. The second-order valence-corrected chi connectivity index (χ2v) is 2.66. The molecule has 0 fully saturated rings. The summed E-state index contributed by atoms with van der Waals surface area (Å²) in [5.74, 6) is -0.116. The van der Waals surface area contributed by atoms with Crippen LogP contribution in [-0.4, -0.2) is 10.9 Å². The van der Waals surface area contributed by atoms with Crippen LogP contribution >= 0.6 is 0 Å². The van der Waals surface area contributed by atoms with Gasteiger partial charge in [-0.05, 0) is 18.6 Å². The van der Waals surface area contributed by atoms with E-state index in [-0.39, 0.29) is 5.91 Å². The number of amides is 1. The summed E-state index contributed by atoms with van der Waals surface area (Å²) in [5.41, 5.74) is 0. The summed E-state index contributed by atoms with van der Waals surface area (Å²) < 4.78 is 12.4. The number of carbonyl (C=O) groups is 1. The number of nitrogens with zero attached hydrogens (tertiary/aromatic N) is 1. The molecule has 0 radical (unpaired) electrons. The van der Waals surface area contributed by atoms with Crippen molar-refractivity contribution in [2.45, 2.75) is 19.8 Å². The summed E-state index contributed by atoms with van der Waals surface area (Å²) in [5, 5.41) is 2.55. The summed E-state index contributed by atoms with van der Waals surface area (Å²) in [6.45, 7) is 1.91. The van der Waals surface area contributed by atoms with Crippen LogP contribution in [0.4, 0.5) is 10.2 Å². The number of carbonyl (C=O) groups excluding carboxylic acids is 1. The van der Waals surface area contributed by atoms with Gasteiger partial charge in [-0.1, -0.05) is 6.92 Å². The first kappa shape index (κ1) is 9.64. The minimum atomic E-state index is -0.409. The molecule has 0 atom stereocenters. The SMILES string of the molecule is CCCC(=O)Nc1ccc(F)cn1. The van der Waals surface area contributed by atoms with Gasteiger partial charge in [0, 0.05) is 6.42 Å². The van der Waals surface area contributed by atoms with E-state index in [4.69, 9.17) is 0 Å². The van der Waals surface area contributed by atoms with Crippen LogP contribution in [0.1, 0.15) is 19.8 Å². The summed E-state index contributed by atoms with van der Waals surface area (Å²) in [7, 11) is 0. The lowest BCUT2D eigenvalue weighted by Crippen LogP contribution is -2.11. The largest absolute Gasteiger partial charge is 0.311 e. The van der Waals surface area contributed by atoms with Gasteiger partial charge in [-0.15, -0.1) is 0 Å². The summed E-state index contributed by atoms with van der Waals surface area (Å²) in [4.78, 5) is 14.7. The van der Waals surface area contributed by atoms with E-state index in [1.54, 1.807) is 0 Å². The van der Waals surface area contributed by atoms with E-state index in [1.807, 2.05) is 6.92 Å². The highest BCUT2D eigenvalue weighted by molar-refractivity contribution is 5.89. The monoisotopic (exact) mass is 182 g/mol. The maximum absolute atomic E-state index is 12.4. The molecule has 0 spiro atoms. The van der Waals surface area contributed by atoms with Crippen LogP contribution in [0, 0.1) is 5.82 Å². The lowest BCUT2D eigenvalue weighted by Gasteiger charge is -2.01. The van der Waals surface area contributed by atoms with E-state index in [9.17, 15) is 9.18 Å². The van der Waals surface area contributed by atoms with Crippen LogP contribution in [0.15, 0.2) is 18.3 Å². The Morgan fingerprint density at radius 2 is 2.38 bits per heavy atom. The smallest absolute Gasteiger partial charge is 0.225 e. The zero-order valence-corrected chi connectivity index (χ0v) is 7.38. The van der Waals surface area contributed by atoms with Crippen molar-refractivity contribution in [2.75, 3.05) is 5.32 Å². The van der Waals surface area contributed by atoms with E-state index in [1.165, 1.54) is 12.1 Å². The third-order valence-electron chi connectivity index (χ3n) is 1.47. The maximum Gasteiger partial charge on any atom is 0.225 e.